The van der Waals surface area contributed by atoms with E-state index >= 15 is 0 Å². The predicted molar refractivity (Wildman–Crippen MR) is 141 cm³/mol. The molecule has 1 aliphatic heterocycles. The first-order chi connectivity index (χ1) is 17.5. The number of nitrogens with zero attached hydrogens (tertiary/aromatic N) is 5. The maximum Gasteiger partial charge on any atom is 0.242 e. The van der Waals surface area contributed by atoms with Crippen LogP contribution in [0.3, 0.4) is 0 Å². The topological polar surface area (TPSA) is 69.6 Å². The van der Waals surface area contributed by atoms with E-state index < -0.39 is 0 Å². The molecule has 1 saturated heterocycles. The van der Waals surface area contributed by atoms with Gasteiger partial charge in [0, 0.05) is 42.8 Å². The highest BCUT2D eigenvalue weighted by atomic mass is 35.5. The van der Waals surface area contributed by atoms with E-state index in [4.69, 9.17) is 23.2 Å². The molecule has 0 unspecified atom stereocenters. The van der Waals surface area contributed by atoms with E-state index in [-0.39, 0.29) is 24.4 Å². The third-order valence-electron chi connectivity index (χ3n) is 6.63. The van der Waals surface area contributed by atoms with Crippen molar-refractivity contribution in [1.82, 2.24) is 20.0 Å². The van der Waals surface area contributed by atoms with Crippen molar-refractivity contribution in [2.75, 3.05) is 37.6 Å². The van der Waals surface area contributed by atoms with E-state index in [1.165, 1.54) is 0 Å². The van der Waals surface area contributed by atoms with Crippen LogP contribution in [0.5, 0.6) is 0 Å². The van der Waals surface area contributed by atoms with E-state index in [1.54, 1.807) is 17.0 Å². The van der Waals surface area contributed by atoms with Crippen LogP contribution in [0.4, 0.5) is 5.82 Å². The van der Waals surface area contributed by atoms with Gasteiger partial charge in [-0.3, -0.25) is 9.59 Å². The molecular weight excluding hydrogens is 497 g/mol. The fraction of sp³-hybridized carbons (Fsp3) is 0.333. The molecule has 0 spiro atoms. The van der Waals surface area contributed by atoms with Crippen LogP contribution in [0.15, 0.2) is 60.7 Å². The Kier molecular flexibility index (Phi) is 7.39. The number of piperazine rings is 1. The lowest BCUT2D eigenvalue weighted by molar-refractivity contribution is -0.140. The van der Waals surface area contributed by atoms with Crippen LogP contribution in [-0.4, -0.2) is 70.6 Å². The van der Waals surface area contributed by atoms with Crippen molar-refractivity contribution in [3.8, 4) is 11.3 Å². The maximum absolute atomic E-state index is 13.1. The van der Waals surface area contributed by atoms with Crippen LogP contribution in [0.2, 0.25) is 10.0 Å². The second kappa shape index (κ2) is 10.8. The van der Waals surface area contributed by atoms with Crippen molar-refractivity contribution in [3.05, 3.63) is 76.3 Å². The number of carbonyl (C=O) groups excluding carboxylic acids is 2. The van der Waals surface area contributed by atoms with Crippen LogP contribution < -0.4 is 4.90 Å². The van der Waals surface area contributed by atoms with Gasteiger partial charge < -0.3 is 14.7 Å². The monoisotopic (exact) mass is 523 g/mol. The third kappa shape index (κ3) is 5.79. The summed E-state index contributed by atoms with van der Waals surface area (Å²) in [4.78, 5) is 31.7. The molecule has 2 amide bonds. The fourth-order valence-corrected chi connectivity index (χ4v) is 4.95. The zero-order valence-electron chi connectivity index (χ0n) is 19.8. The molecule has 2 heterocycles. The summed E-state index contributed by atoms with van der Waals surface area (Å²) >= 11 is 12.3. The highest BCUT2D eigenvalue weighted by Crippen LogP contribution is 2.30. The van der Waals surface area contributed by atoms with Crippen LogP contribution in [-0.2, 0) is 16.0 Å². The summed E-state index contributed by atoms with van der Waals surface area (Å²) < 4.78 is 0. The van der Waals surface area contributed by atoms with E-state index in [1.807, 2.05) is 53.4 Å². The van der Waals surface area contributed by atoms with Crippen LogP contribution in [0, 0.1) is 0 Å². The van der Waals surface area contributed by atoms with Gasteiger partial charge in [-0.15, -0.1) is 10.2 Å². The van der Waals surface area contributed by atoms with Crippen molar-refractivity contribution in [2.45, 2.75) is 25.3 Å². The summed E-state index contributed by atoms with van der Waals surface area (Å²) in [5.74, 6) is 0.780. The Balaban J connectivity index is 1.16. The van der Waals surface area contributed by atoms with Gasteiger partial charge in [0.25, 0.3) is 0 Å². The van der Waals surface area contributed by atoms with Gasteiger partial charge in [0.1, 0.15) is 6.54 Å². The number of halogens is 2. The Hall–Kier alpha value is -3.16. The number of aromatic nitrogens is 2. The Labute approximate surface area is 220 Å². The van der Waals surface area contributed by atoms with Crippen LogP contribution in [0.1, 0.15) is 18.4 Å². The van der Waals surface area contributed by atoms with Crippen molar-refractivity contribution in [1.29, 1.82) is 0 Å². The molecule has 0 N–H and O–H groups in total. The number of benzene rings is 2. The largest absolute Gasteiger partial charge is 0.352 e. The van der Waals surface area contributed by atoms with Gasteiger partial charge in [-0.05, 0) is 48.7 Å². The van der Waals surface area contributed by atoms with E-state index in [9.17, 15) is 9.59 Å². The third-order valence-corrected chi connectivity index (χ3v) is 7.17. The minimum absolute atomic E-state index is 0.00164. The molecule has 1 aliphatic carbocycles. The van der Waals surface area contributed by atoms with E-state index in [0.717, 1.165) is 29.8 Å². The van der Waals surface area contributed by atoms with Crippen LogP contribution >= 0.6 is 23.2 Å². The summed E-state index contributed by atoms with van der Waals surface area (Å²) in [6.45, 7) is 2.62. The fourth-order valence-electron chi connectivity index (χ4n) is 4.44. The Bertz CT molecular complexity index is 1230. The maximum atomic E-state index is 13.1. The smallest absolute Gasteiger partial charge is 0.242 e. The first kappa shape index (κ1) is 24.5. The molecule has 9 heteroatoms. The minimum atomic E-state index is 0.00164. The summed E-state index contributed by atoms with van der Waals surface area (Å²) in [6, 6.07) is 19.0. The Morgan fingerprint density at radius 2 is 1.67 bits per heavy atom. The molecule has 186 valence electrons. The molecule has 2 aliphatic rings. The average molecular weight is 524 g/mol. The lowest BCUT2D eigenvalue weighted by Crippen LogP contribution is -2.52. The molecule has 36 heavy (non-hydrogen) atoms. The van der Waals surface area contributed by atoms with Gasteiger partial charge in [-0.2, -0.15) is 0 Å². The van der Waals surface area contributed by atoms with Gasteiger partial charge in [-0.1, -0.05) is 53.5 Å². The molecule has 2 fully saturated rings. The molecule has 0 bridgehead atoms. The quantitative estimate of drug-likeness (QED) is 0.460. The van der Waals surface area contributed by atoms with Gasteiger partial charge >= 0.3 is 0 Å². The first-order valence-electron chi connectivity index (χ1n) is 12.1. The predicted octanol–water partition coefficient (Wildman–Crippen LogP) is 4.33. The van der Waals surface area contributed by atoms with E-state index in [2.05, 4.69) is 15.1 Å². The molecule has 5 rings (SSSR count). The highest BCUT2D eigenvalue weighted by Gasteiger charge is 2.35. The number of hydrogen-bond acceptors (Lipinski definition) is 5. The zero-order chi connectivity index (χ0) is 25.1. The number of carbonyl (C=O) groups is 2. The standard InChI is InChI=1S/C27H27Cl2N5O2/c28-20-6-9-22(23(29)17-20)24-10-11-25(31-30-24)32-12-14-33(15-13-32)27(36)18-34(21-7-8-21)26(35)16-19-4-2-1-3-5-19/h1-6,9-11,17,21H,7-8,12-16,18H2. The van der Waals surface area contributed by atoms with E-state index in [0.29, 0.717) is 48.3 Å². The zero-order valence-corrected chi connectivity index (χ0v) is 21.3. The average Bonchev–Trinajstić information content (AvgIpc) is 3.73. The lowest BCUT2D eigenvalue weighted by Gasteiger charge is -2.36. The minimum Gasteiger partial charge on any atom is -0.352 e. The van der Waals surface area contributed by atoms with Gasteiger partial charge in [-0.25, -0.2) is 0 Å². The second-order valence-corrected chi connectivity index (χ2v) is 10.0. The van der Waals surface area contributed by atoms with Crippen molar-refractivity contribution < 1.29 is 9.59 Å². The van der Waals surface area contributed by atoms with Crippen molar-refractivity contribution in [3.63, 3.8) is 0 Å². The Morgan fingerprint density at radius 1 is 0.917 bits per heavy atom. The number of anilines is 1. The highest BCUT2D eigenvalue weighted by molar-refractivity contribution is 6.36. The lowest BCUT2D eigenvalue weighted by atomic mass is 10.1. The summed E-state index contributed by atoms with van der Waals surface area (Å²) in [5, 5.41) is 9.83. The molecular formula is C27H27Cl2N5O2. The van der Waals surface area contributed by atoms with Gasteiger partial charge in [0.05, 0.1) is 17.1 Å². The SMILES string of the molecule is O=C(CN(C(=O)Cc1ccccc1)C1CC1)N1CCN(c2ccc(-c3ccc(Cl)cc3Cl)nn2)CC1. The summed E-state index contributed by atoms with van der Waals surface area (Å²) in [7, 11) is 0. The summed E-state index contributed by atoms with van der Waals surface area (Å²) in [6.07, 6.45) is 2.27. The Morgan fingerprint density at radius 3 is 2.31 bits per heavy atom. The number of rotatable bonds is 7. The van der Waals surface area contributed by atoms with Gasteiger partial charge in [0.2, 0.25) is 11.8 Å². The molecule has 3 aromatic rings. The molecule has 7 nitrogen and oxygen atoms in total. The number of amides is 2. The normalized spacial score (nSPS) is 15.6. The first-order valence-corrected chi connectivity index (χ1v) is 12.9. The molecule has 0 radical (unpaired) electrons. The van der Waals surface area contributed by atoms with Crippen LogP contribution in [0.25, 0.3) is 11.3 Å². The number of hydrogen-bond donors (Lipinski definition) is 0. The molecule has 0 atom stereocenters. The molecule has 1 saturated carbocycles. The molecule has 2 aromatic carbocycles. The van der Waals surface area contributed by atoms with Gasteiger partial charge in [0.15, 0.2) is 5.82 Å². The van der Waals surface area contributed by atoms with Crippen molar-refractivity contribution >= 4 is 40.8 Å². The summed E-state index contributed by atoms with van der Waals surface area (Å²) in [5.41, 5.74) is 2.42. The molecule has 1 aromatic heterocycles. The van der Waals surface area contributed by atoms with Crippen molar-refractivity contribution in [2.24, 2.45) is 0 Å². The second-order valence-electron chi connectivity index (χ2n) is 9.18.